The minimum atomic E-state index is -0.129. The molecule has 0 saturated heterocycles. The first kappa shape index (κ1) is 10.7. The zero-order chi connectivity index (χ0) is 10.2. The molecule has 1 heterocycles. The van der Waals surface area contributed by atoms with E-state index in [9.17, 15) is 4.79 Å². The van der Waals surface area contributed by atoms with E-state index in [1.807, 2.05) is 18.3 Å². The summed E-state index contributed by atoms with van der Waals surface area (Å²) >= 11 is 0. The van der Waals surface area contributed by atoms with Crippen molar-refractivity contribution in [1.82, 2.24) is 4.98 Å². The van der Waals surface area contributed by atoms with Crippen molar-refractivity contribution < 1.29 is 9.53 Å². The molecular weight excluding hydrogens is 178 g/mol. The maximum atomic E-state index is 10.8. The zero-order valence-electron chi connectivity index (χ0n) is 8.40. The predicted molar refractivity (Wildman–Crippen MR) is 53.8 cm³/mol. The Hall–Kier alpha value is -1.38. The van der Waals surface area contributed by atoms with Crippen LogP contribution in [0.2, 0.25) is 0 Å². The Balaban J connectivity index is 2.13. The van der Waals surface area contributed by atoms with Gasteiger partial charge in [-0.05, 0) is 30.9 Å². The van der Waals surface area contributed by atoms with Gasteiger partial charge in [0.2, 0.25) is 0 Å². The van der Waals surface area contributed by atoms with Gasteiger partial charge in [-0.1, -0.05) is 6.07 Å². The van der Waals surface area contributed by atoms with Crippen molar-refractivity contribution in [3.8, 4) is 0 Å². The molecule has 0 fully saturated rings. The summed E-state index contributed by atoms with van der Waals surface area (Å²) in [5, 5.41) is 0. The SMILES string of the molecule is COC(=O)CCCCc1cccnc1. The van der Waals surface area contributed by atoms with Crippen LogP contribution in [0, 0.1) is 0 Å². The molecule has 1 aromatic rings. The van der Waals surface area contributed by atoms with E-state index in [0.717, 1.165) is 19.3 Å². The van der Waals surface area contributed by atoms with Gasteiger partial charge in [0.05, 0.1) is 7.11 Å². The molecule has 76 valence electrons. The Morgan fingerprint density at radius 3 is 3.00 bits per heavy atom. The predicted octanol–water partition coefficient (Wildman–Crippen LogP) is 1.97. The van der Waals surface area contributed by atoms with Gasteiger partial charge in [0.15, 0.2) is 0 Å². The first-order chi connectivity index (χ1) is 6.83. The molecule has 1 aromatic heterocycles. The Morgan fingerprint density at radius 1 is 1.50 bits per heavy atom. The third-order valence-corrected chi connectivity index (χ3v) is 2.05. The number of carbonyl (C=O) groups is 1. The molecule has 0 aliphatic heterocycles. The standard InChI is InChI=1S/C11H15NO2/c1-14-11(13)7-3-2-5-10-6-4-8-12-9-10/h4,6,8-9H,2-3,5,7H2,1H3. The van der Waals surface area contributed by atoms with Crippen LogP contribution in [0.15, 0.2) is 24.5 Å². The minimum Gasteiger partial charge on any atom is -0.469 e. The van der Waals surface area contributed by atoms with Gasteiger partial charge in [-0.2, -0.15) is 0 Å². The van der Waals surface area contributed by atoms with E-state index in [4.69, 9.17) is 0 Å². The summed E-state index contributed by atoms with van der Waals surface area (Å²) in [6.07, 6.45) is 6.99. The molecule has 0 spiro atoms. The van der Waals surface area contributed by atoms with Crippen molar-refractivity contribution in [3.63, 3.8) is 0 Å². The second-order valence-corrected chi connectivity index (χ2v) is 3.14. The molecule has 0 bridgehead atoms. The Morgan fingerprint density at radius 2 is 2.36 bits per heavy atom. The molecule has 0 aromatic carbocycles. The van der Waals surface area contributed by atoms with Crippen LogP contribution in [-0.2, 0) is 16.0 Å². The number of hydrogen-bond donors (Lipinski definition) is 0. The fourth-order valence-electron chi connectivity index (χ4n) is 1.25. The lowest BCUT2D eigenvalue weighted by Gasteiger charge is -2.00. The third kappa shape index (κ3) is 4.03. The second kappa shape index (κ2) is 6.13. The van der Waals surface area contributed by atoms with E-state index >= 15 is 0 Å². The van der Waals surface area contributed by atoms with Crippen LogP contribution in [0.1, 0.15) is 24.8 Å². The number of nitrogens with zero attached hydrogens (tertiary/aromatic N) is 1. The molecule has 0 unspecified atom stereocenters. The second-order valence-electron chi connectivity index (χ2n) is 3.14. The van der Waals surface area contributed by atoms with Gasteiger partial charge in [0, 0.05) is 18.8 Å². The van der Waals surface area contributed by atoms with Crippen LogP contribution in [0.4, 0.5) is 0 Å². The lowest BCUT2D eigenvalue weighted by molar-refractivity contribution is -0.140. The van der Waals surface area contributed by atoms with Crippen molar-refractivity contribution in [3.05, 3.63) is 30.1 Å². The smallest absolute Gasteiger partial charge is 0.305 e. The topological polar surface area (TPSA) is 39.2 Å². The summed E-state index contributed by atoms with van der Waals surface area (Å²) in [6, 6.07) is 3.97. The largest absolute Gasteiger partial charge is 0.469 e. The maximum absolute atomic E-state index is 10.8. The Bertz CT molecular complexity index is 272. The summed E-state index contributed by atoms with van der Waals surface area (Å²) in [6.45, 7) is 0. The highest BCUT2D eigenvalue weighted by Gasteiger charge is 1.99. The Labute approximate surface area is 84.1 Å². The van der Waals surface area contributed by atoms with Crippen LogP contribution in [0.25, 0.3) is 0 Å². The minimum absolute atomic E-state index is 0.129. The van der Waals surface area contributed by atoms with E-state index < -0.39 is 0 Å². The average Bonchev–Trinajstić information content (AvgIpc) is 2.25. The molecule has 3 nitrogen and oxygen atoms in total. The van der Waals surface area contributed by atoms with E-state index in [-0.39, 0.29) is 5.97 Å². The molecule has 0 atom stereocenters. The van der Waals surface area contributed by atoms with Gasteiger partial charge in [0.1, 0.15) is 0 Å². The highest BCUT2D eigenvalue weighted by Crippen LogP contribution is 2.05. The molecule has 0 saturated carbocycles. The lowest BCUT2D eigenvalue weighted by atomic mass is 10.1. The number of rotatable bonds is 5. The maximum Gasteiger partial charge on any atom is 0.305 e. The molecule has 14 heavy (non-hydrogen) atoms. The lowest BCUT2D eigenvalue weighted by Crippen LogP contribution is -1.99. The number of pyridine rings is 1. The summed E-state index contributed by atoms with van der Waals surface area (Å²) < 4.78 is 4.55. The summed E-state index contributed by atoms with van der Waals surface area (Å²) in [7, 11) is 1.42. The van der Waals surface area contributed by atoms with Gasteiger partial charge in [0.25, 0.3) is 0 Å². The molecule has 0 amide bonds. The van der Waals surface area contributed by atoms with Gasteiger partial charge < -0.3 is 4.74 Å². The van der Waals surface area contributed by atoms with Crippen LogP contribution in [0.3, 0.4) is 0 Å². The van der Waals surface area contributed by atoms with E-state index in [1.165, 1.54) is 12.7 Å². The molecule has 1 rings (SSSR count). The first-order valence-corrected chi connectivity index (χ1v) is 4.78. The van der Waals surface area contributed by atoms with Gasteiger partial charge in [-0.25, -0.2) is 0 Å². The third-order valence-electron chi connectivity index (χ3n) is 2.05. The van der Waals surface area contributed by atoms with Gasteiger partial charge >= 0.3 is 5.97 Å². The fraction of sp³-hybridized carbons (Fsp3) is 0.455. The number of unbranched alkanes of at least 4 members (excludes halogenated alkanes) is 1. The van der Waals surface area contributed by atoms with Crippen molar-refractivity contribution in [2.24, 2.45) is 0 Å². The van der Waals surface area contributed by atoms with Crippen LogP contribution < -0.4 is 0 Å². The fourth-order valence-corrected chi connectivity index (χ4v) is 1.25. The normalized spacial score (nSPS) is 9.79. The zero-order valence-corrected chi connectivity index (χ0v) is 8.40. The van der Waals surface area contributed by atoms with Crippen LogP contribution in [-0.4, -0.2) is 18.1 Å². The number of aromatic nitrogens is 1. The molecule has 0 aliphatic carbocycles. The van der Waals surface area contributed by atoms with E-state index in [1.54, 1.807) is 6.20 Å². The highest BCUT2D eigenvalue weighted by atomic mass is 16.5. The van der Waals surface area contributed by atoms with Crippen LogP contribution >= 0.6 is 0 Å². The van der Waals surface area contributed by atoms with Gasteiger partial charge in [-0.15, -0.1) is 0 Å². The number of hydrogen-bond acceptors (Lipinski definition) is 3. The van der Waals surface area contributed by atoms with Crippen molar-refractivity contribution in [1.29, 1.82) is 0 Å². The molecular formula is C11H15NO2. The summed E-state index contributed by atoms with van der Waals surface area (Å²) in [5.41, 5.74) is 1.22. The molecule has 0 N–H and O–H groups in total. The van der Waals surface area contributed by atoms with E-state index in [0.29, 0.717) is 6.42 Å². The van der Waals surface area contributed by atoms with Gasteiger partial charge in [-0.3, -0.25) is 9.78 Å². The van der Waals surface area contributed by atoms with Crippen LogP contribution in [0.5, 0.6) is 0 Å². The summed E-state index contributed by atoms with van der Waals surface area (Å²) in [5.74, 6) is -0.129. The summed E-state index contributed by atoms with van der Waals surface area (Å²) in [4.78, 5) is 14.8. The highest BCUT2D eigenvalue weighted by molar-refractivity contribution is 5.68. The molecule has 3 heteroatoms. The van der Waals surface area contributed by atoms with Crippen molar-refractivity contribution >= 4 is 5.97 Å². The van der Waals surface area contributed by atoms with Crippen molar-refractivity contribution in [2.75, 3.05) is 7.11 Å². The Kier molecular flexibility index (Phi) is 4.69. The van der Waals surface area contributed by atoms with Crippen molar-refractivity contribution in [2.45, 2.75) is 25.7 Å². The quantitative estimate of drug-likeness (QED) is 0.530. The number of aryl methyl sites for hydroxylation is 1. The average molecular weight is 193 g/mol. The molecule has 0 radical (unpaired) electrons. The monoisotopic (exact) mass is 193 g/mol. The number of esters is 1. The number of ether oxygens (including phenoxy) is 1. The molecule has 0 aliphatic rings. The number of carbonyl (C=O) groups excluding carboxylic acids is 1. The number of methoxy groups -OCH3 is 1. The first-order valence-electron chi connectivity index (χ1n) is 4.78. The van der Waals surface area contributed by atoms with E-state index in [2.05, 4.69) is 9.72 Å².